The van der Waals surface area contributed by atoms with Gasteiger partial charge in [-0.2, -0.15) is 15.3 Å². The van der Waals surface area contributed by atoms with Gasteiger partial charge >= 0.3 is 0 Å². The number of hydrogen-bond acceptors (Lipinski definition) is 5. The summed E-state index contributed by atoms with van der Waals surface area (Å²) in [6, 6.07) is 5.76. The van der Waals surface area contributed by atoms with E-state index in [1.165, 1.54) is 30.6 Å². The van der Waals surface area contributed by atoms with Gasteiger partial charge in [-0.05, 0) is 24.1 Å². The number of carbonyl (C=O) groups excluding carboxylic acids is 1. The van der Waals surface area contributed by atoms with Crippen LogP contribution in [-0.2, 0) is 11.2 Å². The van der Waals surface area contributed by atoms with Crippen LogP contribution in [0, 0.1) is 0 Å². The van der Waals surface area contributed by atoms with Gasteiger partial charge in [-0.1, -0.05) is 17.7 Å². The Morgan fingerprint density at radius 2 is 2.22 bits per heavy atom. The Hall–Kier alpha value is -2.80. The van der Waals surface area contributed by atoms with Crippen molar-refractivity contribution in [2.75, 3.05) is 5.32 Å². The molecule has 0 spiro atoms. The maximum Gasteiger partial charge on any atom is 0.225 e. The molecule has 116 valence electrons. The number of anilines is 1. The number of H-pyrrole nitrogens is 1. The van der Waals surface area contributed by atoms with Crippen molar-refractivity contribution in [1.82, 2.24) is 25.4 Å². The molecule has 2 N–H and O–H groups in total. The lowest BCUT2D eigenvalue weighted by Gasteiger charge is -2.02. The molecule has 8 heteroatoms. The van der Waals surface area contributed by atoms with E-state index in [9.17, 15) is 4.79 Å². The van der Waals surface area contributed by atoms with Gasteiger partial charge in [-0.25, -0.2) is 4.98 Å². The predicted octanol–water partition coefficient (Wildman–Crippen LogP) is 2.49. The van der Waals surface area contributed by atoms with E-state index >= 15 is 0 Å². The van der Waals surface area contributed by atoms with Crippen molar-refractivity contribution in [3.8, 4) is 11.3 Å². The van der Waals surface area contributed by atoms with E-state index in [0.717, 1.165) is 6.20 Å². The zero-order chi connectivity index (χ0) is 19.7. The highest BCUT2D eigenvalue weighted by atomic mass is 35.5. The van der Waals surface area contributed by atoms with Crippen LogP contribution >= 0.6 is 11.6 Å². The first-order valence-electron chi connectivity index (χ1n) is 8.48. The summed E-state index contributed by atoms with van der Waals surface area (Å²) in [6.45, 7) is 0. The third kappa shape index (κ3) is 4.10. The molecule has 0 fully saturated rings. The first-order chi connectivity index (χ1) is 12.7. The quantitative estimate of drug-likeness (QED) is 0.700. The maximum absolute atomic E-state index is 12.4. The third-order valence-corrected chi connectivity index (χ3v) is 2.99. The number of pyridine rings is 1. The van der Waals surface area contributed by atoms with Crippen LogP contribution in [0.4, 0.5) is 5.82 Å². The Kier molecular flexibility index (Phi) is 3.29. The largest absolute Gasteiger partial charge is 0.309 e. The van der Waals surface area contributed by atoms with Crippen molar-refractivity contribution in [2.24, 2.45) is 0 Å². The van der Waals surface area contributed by atoms with Gasteiger partial charge in [0.2, 0.25) is 5.91 Å². The maximum atomic E-state index is 12.4. The summed E-state index contributed by atoms with van der Waals surface area (Å²) in [6.07, 6.45) is -1.48. The molecular weight excluding hydrogens is 316 g/mol. The van der Waals surface area contributed by atoms with Crippen LogP contribution in [0.2, 0.25) is 5.15 Å². The van der Waals surface area contributed by atoms with Gasteiger partial charge in [-0.3, -0.25) is 9.89 Å². The molecule has 3 heterocycles. The summed E-state index contributed by atoms with van der Waals surface area (Å²) in [5, 5.41) is 16.4. The zero-order valence-electron chi connectivity index (χ0n) is 15.6. The van der Waals surface area contributed by atoms with Gasteiger partial charge in [0.15, 0.2) is 5.82 Å². The molecule has 0 aliphatic heterocycles. The average molecular weight is 333 g/mol. The number of aryl methyl sites for hydroxylation is 1. The molecule has 0 aliphatic carbocycles. The second-order valence-electron chi connectivity index (χ2n) is 4.37. The molecule has 0 aliphatic rings. The molecular formula is C15H13ClN6O. The Morgan fingerprint density at radius 1 is 1.30 bits per heavy atom. The summed E-state index contributed by atoms with van der Waals surface area (Å²) >= 11 is 5.67. The highest BCUT2D eigenvalue weighted by molar-refractivity contribution is 6.29. The zero-order valence-corrected chi connectivity index (χ0v) is 12.4. The van der Waals surface area contributed by atoms with E-state index in [-0.39, 0.29) is 16.5 Å². The van der Waals surface area contributed by atoms with Gasteiger partial charge in [0, 0.05) is 29.7 Å². The smallest absolute Gasteiger partial charge is 0.225 e. The van der Waals surface area contributed by atoms with Gasteiger partial charge in [0.1, 0.15) is 5.15 Å². The van der Waals surface area contributed by atoms with Crippen molar-refractivity contribution >= 4 is 23.3 Å². The summed E-state index contributed by atoms with van der Waals surface area (Å²) < 4.78 is 32.2. The molecule has 7 nitrogen and oxygen atoms in total. The highest BCUT2D eigenvalue weighted by Gasteiger charge is 2.08. The van der Waals surface area contributed by atoms with Crippen LogP contribution in [0.15, 0.2) is 42.9 Å². The number of carbonyl (C=O) groups is 1. The minimum absolute atomic E-state index is 0.0423. The lowest BCUT2D eigenvalue weighted by Crippen LogP contribution is -2.12. The second-order valence-corrected chi connectivity index (χ2v) is 4.76. The highest BCUT2D eigenvalue weighted by Crippen LogP contribution is 2.18. The summed E-state index contributed by atoms with van der Waals surface area (Å²) in [4.78, 5) is 16.2. The molecule has 0 bridgehead atoms. The van der Waals surface area contributed by atoms with E-state index in [0.29, 0.717) is 11.3 Å². The van der Waals surface area contributed by atoms with Crippen LogP contribution < -0.4 is 5.32 Å². The number of nitrogens with zero attached hydrogens (tertiary/aromatic N) is 4. The number of nitrogens with one attached hydrogen (secondary N) is 2. The molecule has 1 amide bonds. The fourth-order valence-corrected chi connectivity index (χ4v) is 1.82. The number of halogens is 1. The molecule has 0 aromatic carbocycles. The minimum Gasteiger partial charge on any atom is -0.309 e. The van der Waals surface area contributed by atoms with E-state index < -0.39 is 18.7 Å². The molecule has 3 aromatic heterocycles. The van der Waals surface area contributed by atoms with Gasteiger partial charge < -0.3 is 5.32 Å². The number of aromatic nitrogens is 5. The van der Waals surface area contributed by atoms with Gasteiger partial charge in [0.05, 0.1) is 18.1 Å². The normalized spacial score (nSPS) is 14.3. The Balaban J connectivity index is 1.80. The minimum atomic E-state index is -2.90. The van der Waals surface area contributed by atoms with E-state index in [2.05, 4.69) is 30.7 Å². The molecule has 3 rings (SSSR count). The standard InChI is InChI=1S/C15H13ClN6O/c16-13-3-1-10(8-17-13)2-4-15(23)20-14-7-12(21-22-14)11-5-6-18-19-9-11/h1,3,5-9H,2,4H2,(H2,20,21,22,23)/i2D2,4D2. The van der Waals surface area contributed by atoms with Crippen LogP contribution in [0.25, 0.3) is 11.3 Å². The number of hydrogen-bond donors (Lipinski definition) is 2. The van der Waals surface area contributed by atoms with Crippen LogP contribution in [0.5, 0.6) is 0 Å². The Labute approximate surface area is 142 Å². The first-order valence-corrected chi connectivity index (χ1v) is 6.85. The van der Waals surface area contributed by atoms with Crippen molar-refractivity contribution in [2.45, 2.75) is 12.7 Å². The molecule has 0 unspecified atom stereocenters. The van der Waals surface area contributed by atoms with Crippen LogP contribution in [-0.4, -0.2) is 31.3 Å². The second kappa shape index (κ2) is 6.97. The van der Waals surface area contributed by atoms with Gasteiger partial charge in [0.25, 0.3) is 0 Å². The van der Waals surface area contributed by atoms with Crippen molar-refractivity contribution in [3.63, 3.8) is 0 Å². The third-order valence-electron chi connectivity index (χ3n) is 2.76. The van der Waals surface area contributed by atoms with Crippen LogP contribution in [0.1, 0.15) is 17.4 Å². The first kappa shape index (κ1) is 10.8. The summed E-state index contributed by atoms with van der Waals surface area (Å²) in [5.74, 6) is -1.14. The Bertz CT molecular complexity index is 948. The average Bonchev–Trinajstić information content (AvgIpc) is 3.11. The van der Waals surface area contributed by atoms with Crippen molar-refractivity contribution in [1.29, 1.82) is 0 Å². The molecule has 23 heavy (non-hydrogen) atoms. The van der Waals surface area contributed by atoms with Crippen LogP contribution in [0.3, 0.4) is 0 Å². The van der Waals surface area contributed by atoms with E-state index in [1.54, 1.807) is 6.07 Å². The summed E-state index contributed by atoms with van der Waals surface area (Å²) in [5.41, 5.74) is 1.09. The van der Waals surface area contributed by atoms with E-state index in [1.807, 2.05) is 0 Å². The van der Waals surface area contributed by atoms with Crippen molar-refractivity contribution < 1.29 is 10.3 Å². The van der Waals surface area contributed by atoms with Gasteiger partial charge in [-0.15, -0.1) is 0 Å². The molecule has 0 saturated heterocycles. The Morgan fingerprint density at radius 3 is 2.96 bits per heavy atom. The molecule has 0 atom stereocenters. The van der Waals surface area contributed by atoms with Crippen molar-refractivity contribution in [3.05, 3.63) is 53.6 Å². The number of rotatable bonds is 5. The molecule has 0 saturated carbocycles. The SMILES string of the molecule is [2H]C([2H])(C(=O)Nc1cc(-c2ccnnc2)[nH]n1)C([2H])([2H])c1ccc(Cl)nc1. The molecule has 0 radical (unpaired) electrons. The summed E-state index contributed by atoms with van der Waals surface area (Å²) in [7, 11) is 0. The monoisotopic (exact) mass is 332 g/mol. The fourth-order valence-electron chi connectivity index (χ4n) is 1.71. The number of aromatic amines is 1. The fraction of sp³-hybridized carbons (Fsp3) is 0.133. The lowest BCUT2D eigenvalue weighted by atomic mass is 10.1. The van der Waals surface area contributed by atoms with E-state index in [4.69, 9.17) is 17.1 Å². The topological polar surface area (TPSA) is 96.5 Å². The molecule has 3 aromatic rings. The predicted molar refractivity (Wildman–Crippen MR) is 85.8 cm³/mol. The number of amides is 1. The lowest BCUT2D eigenvalue weighted by molar-refractivity contribution is -0.116.